The number of esters is 1. The summed E-state index contributed by atoms with van der Waals surface area (Å²) >= 11 is 0. The Kier molecular flexibility index (Phi) is 6.38. The minimum Gasteiger partial charge on any atom is -0.504 e. The number of primary amides is 1. The van der Waals surface area contributed by atoms with Crippen LogP contribution in [0.1, 0.15) is 32.8 Å². The van der Waals surface area contributed by atoms with Crippen LogP contribution in [0.4, 0.5) is 0 Å². The molecule has 138 valence electrons. The number of nitrogens with two attached hydrogens (primary N) is 1. The molecule has 0 aromatic heterocycles. The minimum absolute atomic E-state index is 0.152. The molecule has 0 fully saturated rings. The highest BCUT2D eigenvalue weighted by molar-refractivity contribution is 5.86. The Hall–Kier alpha value is -2.77. The zero-order valence-electron chi connectivity index (χ0n) is 14.4. The van der Waals surface area contributed by atoms with E-state index in [4.69, 9.17) is 10.5 Å². The van der Waals surface area contributed by atoms with E-state index in [1.54, 1.807) is 20.8 Å². The second-order valence-electron chi connectivity index (χ2n) is 6.78. The van der Waals surface area contributed by atoms with Crippen molar-refractivity contribution in [3.05, 3.63) is 23.8 Å². The van der Waals surface area contributed by atoms with Gasteiger partial charge in [0.1, 0.15) is 5.60 Å². The predicted molar refractivity (Wildman–Crippen MR) is 87.7 cm³/mol. The van der Waals surface area contributed by atoms with Gasteiger partial charge in [-0.3, -0.25) is 14.4 Å². The Labute approximate surface area is 145 Å². The maximum atomic E-state index is 12.4. The van der Waals surface area contributed by atoms with Gasteiger partial charge in [0, 0.05) is 6.42 Å². The lowest BCUT2D eigenvalue weighted by Gasteiger charge is -2.26. The van der Waals surface area contributed by atoms with Gasteiger partial charge in [-0.2, -0.15) is 0 Å². The van der Waals surface area contributed by atoms with Crippen LogP contribution in [0.15, 0.2) is 18.2 Å². The highest BCUT2D eigenvalue weighted by Crippen LogP contribution is 2.29. The van der Waals surface area contributed by atoms with Crippen molar-refractivity contribution in [1.82, 2.24) is 0 Å². The van der Waals surface area contributed by atoms with E-state index < -0.39 is 47.5 Å². The van der Waals surface area contributed by atoms with Crippen LogP contribution in [-0.4, -0.2) is 38.8 Å². The number of aliphatic carboxylic acids is 1. The summed E-state index contributed by atoms with van der Waals surface area (Å²) in [7, 11) is 0. The number of phenolic OH excluding ortho intramolecular Hbond substituents is 2. The normalized spacial score (nSPS) is 13.7. The molecule has 1 aromatic rings. The summed E-state index contributed by atoms with van der Waals surface area (Å²) in [4.78, 5) is 35.4. The summed E-state index contributed by atoms with van der Waals surface area (Å²) in [6.07, 6.45) is -0.629. The summed E-state index contributed by atoms with van der Waals surface area (Å²) in [6.45, 7) is 4.88. The Balaban J connectivity index is 3.14. The molecule has 8 heteroatoms. The topological polar surface area (TPSA) is 147 Å². The molecule has 0 saturated heterocycles. The van der Waals surface area contributed by atoms with Crippen LogP contribution in [-0.2, 0) is 25.5 Å². The molecular weight excluding hydrogens is 330 g/mol. The number of hydrogen-bond donors (Lipinski definition) is 4. The van der Waals surface area contributed by atoms with E-state index in [9.17, 15) is 29.7 Å². The molecule has 0 spiro atoms. The van der Waals surface area contributed by atoms with E-state index in [-0.39, 0.29) is 12.2 Å². The lowest BCUT2D eigenvalue weighted by atomic mass is 9.84. The van der Waals surface area contributed by atoms with Gasteiger partial charge < -0.3 is 25.8 Å². The number of amides is 1. The van der Waals surface area contributed by atoms with Crippen molar-refractivity contribution in [3.8, 4) is 11.5 Å². The highest BCUT2D eigenvalue weighted by Gasteiger charge is 2.37. The molecule has 1 amide bonds. The lowest BCUT2D eigenvalue weighted by Crippen LogP contribution is -2.38. The highest BCUT2D eigenvalue weighted by atomic mass is 16.6. The zero-order chi connectivity index (χ0) is 19.4. The van der Waals surface area contributed by atoms with Crippen molar-refractivity contribution in [2.24, 2.45) is 17.6 Å². The van der Waals surface area contributed by atoms with Gasteiger partial charge in [-0.25, -0.2) is 0 Å². The van der Waals surface area contributed by atoms with Crippen LogP contribution in [0.5, 0.6) is 11.5 Å². The molecule has 8 nitrogen and oxygen atoms in total. The molecule has 0 aliphatic rings. The molecule has 0 bridgehead atoms. The summed E-state index contributed by atoms with van der Waals surface area (Å²) in [5.41, 5.74) is 4.68. The van der Waals surface area contributed by atoms with Gasteiger partial charge in [0.05, 0.1) is 11.8 Å². The van der Waals surface area contributed by atoms with Crippen molar-refractivity contribution in [2.75, 3.05) is 0 Å². The van der Waals surface area contributed by atoms with E-state index in [0.29, 0.717) is 5.56 Å². The number of aromatic hydroxyl groups is 2. The van der Waals surface area contributed by atoms with E-state index in [0.717, 1.165) is 0 Å². The summed E-state index contributed by atoms with van der Waals surface area (Å²) in [5, 5.41) is 28.4. The second kappa shape index (κ2) is 7.87. The van der Waals surface area contributed by atoms with Crippen LogP contribution in [0.2, 0.25) is 0 Å². The van der Waals surface area contributed by atoms with Crippen LogP contribution < -0.4 is 5.73 Å². The number of hydrogen-bond acceptors (Lipinski definition) is 6. The standard InChI is InChI=1S/C17H23NO7/c1-17(2,3)25-16(24)11(8-14(18)21)10(15(22)23)6-9-4-5-12(19)13(20)7-9/h4-5,7,10-11,19-20H,6,8H2,1-3H3,(H2,18,21)(H,22,23)/t10-,11?/m0/s1. The maximum absolute atomic E-state index is 12.4. The number of carbonyl (C=O) groups is 3. The second-order valence-corrected chi connectivity index (χ2v) is 6.78. The van der Waals surface area contributed by atoms with Crippen LogP contribution in [0.3, 0.4) is 0 Å². The summed E-state index contributed by atoms with van der Waals surface area (Å²) in [6, 6.07) is 3.82. The lowest BCUT2D eigenvalue weighted by molar-refractivity contribution is -0.167. The molecule has 0 saturated carbocycles. The molecule has 0 heterocycles. The summed E-state index contributed by atoms with van der Waals surface area (Å²) < 4.78 is 5.21. The fourth-order valence-electron chi connectivity index (χ4n) is 2.34. The molecular formula is C17H23NO7. The average molecular weight is 353 g/mol. The fourth-order valence-corrected chi connectivity index (χ4v) is 2.34. The van der Waals surface area contributed by atoms with Gasteiger partial charge in [-0.15, -0.1) is 0 Å². The van der Waals surface area contributed by atoms with E-state index in [2.05, 4.69) is 0 Å². The third kappa shape index (κ3) is 6.33. The average Bonchev–Trinajstić information content (AvgIpc) is 2.44. The molecule has 1 rings (SSSR count). The fraction of sp³-hybridized carbons (Fsp3) is 0.471. The summed E-state index contributed by atoms with van der Waals surface area (Å²) in [5.74, 6) is -6.28. The van der Waals surface area contributed by atoms with E-state index in [1.807, 2.05) is 0 Å². The van der Waals surface area contributed by atoms with E-state index >= 15 is 0 Å². The Morgan fingerprint density at radius 2 is 1.72 bits per heavy atom. The molecule has 0 aliphatic heterocycles. The third-order valence-electron chi connectivity index (χ3n) is 3.43. The first kappa shape index (κ1) is 20.3. The monoisotopic (exact) mass is 353 g/mol. The molecule has 0 aliphatic carbocycles. The third-order valence-corrected chi connectivity index (χ3v) is 3.43. The number of ether oxygens (including phenoxy) is 1. The van der Waals surface area contributed by atoms with Crippen molar-refractivity contribution < 1.29 is 34.4 Å². The smallest absolute Gasteiger partial charge is 0.310 e. The Bertz CT molecular complexity index is 663. The molecule has 1 aromatic carbocycles. The van der Waals surface area contributed by atoms with Gasteiger partial charge in [-0.05, 0) is 44.9 Å². The number of phenols is 2. The van der Waals surface area contributed by atoms with E-state index in [1.165, 1.54) is 18.2 Å². The van der Waals surface area contributed by atoms with Gasteiger partial charge >= 0.3 is 11.9 Å². The molecule has 5 N–H and O–H groups in total. The SMILES string of the molecule is CC(C)(C)OC(=O)C(CC(N)=O)[C@H](Cc1ccc(O)c(O)c1)C(=O)O. The maximum Gasteiger partial charge on any atom is 0.310 e. The van der Waals surface area contributed by atoms with Crippen molar-refractivity contribution in [2.45, 2.75) is 39.2 Å². The zero-order valence-corrected chi connectivity index (χ0v) is 14.4. The molecule has 2 atom stereocenters. The minimum atomic E-state index is -1.30. The first-order valence-electron chi connectivity index (χ1n) is 7.65. The van der Waals surface area contributed by atoms with Crippen LogP contribution in [0, 0.1) is 11.8 Å². The number of carboxylic acid groups (broad SMARTS) is 1. The van der Waals surface area contributed by atoms with Gasteiger partial charge in [0.15, 0.2) is 11.5 Å². The van der Waals surface area contributed by atoms with Crippen molar-refractivity contribution >= 4 is 17.8 Å². The van der Waals surface area contributed by atoms with Gasteiger partial charge in [0.25, 0.3) is 0 Å². The van der Waals surface area contributed by atoms with Gasteiger partial charge in [0.2, 0.25) is 5.91 Å². The first-order valence-corrected chi connectivity index (χ1v) is 7.65. The molecule has 0 radical (unpaired) electrons. The van der Waals surface area contributed by atoms with Crippen molar-refractivity contribution in [3.63, 3.8) is 0 Å². The van der Waals surface area contributed by atoms with Gasteiger partial charge in [-0.1, -0.05) is 6.07 Å². The quantitative estimate of drug-likeness (QED) is 0.425. The Morgan fingerprint density at radius 3 is 2.16 bits per heavy atom. The number of carboxylic acids is 1. The van der Waals surface area contributed by atoms with Crippen LogP contribution in [0.25, 0.3) is 0 Å². The predicted octanol–water partition coefficient (Wildman–Crippen LogP) is 1.17. The number of rotatable bonds is 7. The number of carbonyl (C=O) groups excluding carboxylic acids is 2. The van der Waals surface area contributed by atoms with Crippen molar-refractivity contribution in [1.29, 1.82) is 0 Å². The number of benzene rings is 1. The Morgan fingerprint density at radius 1 is 1.12 bits per heavy atom. The molecule has 25 heavy (non-hydrogen) atoms. The largest absolute Gasteiger partial charge is 0.504 e. The molecule has 1 unspecified atom stereocenters. The van der Waals surface area contributed by atoms with Crippen LogP contribution >= 0.6 is 0 Å². The first-order chi connectivity index (χ1) is 11.4.